The molecular weight excluding hydrogens is 210 g/mol. The first-order valence-corrected chi connectivity index (χ1v) is 6.03. The van der Waals surface area contributed by atoms with Crippen LogP contribution in [0.1, 0.15) is 23.5 Å². The van der Waals surface area contributed by atoms with Crippen LogP contribution in [0.25, 0.3) is 11.3 Å². The molecule has 0 saturated carbocycles. The van der Waals surface area contributed by atoms with Crippen LogP contribution in [0.15, 0.2) is 24.3 Å². The minimum atomic E-state index is 0.708. The quantitative estimate of drug-likeness (QED) is 0.846. The molecule has 90 valence electrons. The number of benzene rings is 1. The highest BCUT2D eigenvalue weighted by Crippen LogP contribution is 2.22. The molecule has 0 saturated heterocycles. The number of nitrogens with zero attached hydrogens (tertiary/aromatic N) is 1. The van der Waals surface area contributed by atoms with Crippen LogP contribution in [0.5, 0.6) is 0 Å². The molecule has 0 aliphatic rings. The molecule has 1 aromatic heterocycles. The molecule has 0 fully saturated rings. The first-order valence-electron chi connectivity index (χ1n) is 6.03. The van der Waals surface area contributed by atoms with E-state index in [1.165, 1.54) is 11.1 Å². The molecule has 0 aliphatic carbocycles. The zero-order chi connectivity index (χ0) is 12.3. The number of imidazole rings is 1. The van der Waals surface area contributed by atoms with Gasteiger partial charge in [-0.2, -0.15) is 0 Å². The highest BCUT2D eigenvalue weighted by atomic mass is 14.9. The van der Waals surface area contributed by atoms with Crippen molar-refractivity contribution in [3.05, 3.63) is 41.3 Å². The molecule has 0 unspecified atom stereocenters. The number of aromatic nitrogens is 2. The number of hydrogen-bond acceptors (Lipinski definition) is 2. The predicted octanol–water partition coefficient (Wildman–Crippen LogP) is 2.58. The van der Waals surface area contributed by atoms with Crippen molar-refractivity contribution >= 4 is 0 Å². The molecule has 1 heterocycles. The van der Waals surface area contributed by atoms with Crippen molar-refractivity contribution in [1.29, 1.82) is 0 Å². The fourth-order valence-corrected chi connectivity index (χ4v) is 1.98. The van der Waals surface area contributed by atoms with Crippen molar-refractivity contribution in [1.82, 2.24) is 9.97 Å². The molecule has 1 aromatic carbocycles. The van der Waals surface area contributed by atoms with Gasteiger partial charge in [-0.3, -0.25) is 0 Å². The molecule has 0 aliphatic heterocycles. The second-order valence-corrected chi connectivity index (χ2v) is 4.42. The average molecular weight is 229 g/mol. The Balaban J connectivity index is 2.29. The van der Waals surface area contributed by atoms with Gasteiger partial charge in [-0.25, -0.2) is 4.98 Å². The van der Waals surface area contributed by atoms with Crippen LogP contribution in [0, 0.1) is 13.8 Å². The number of aromatic amines is 1. The summed E-state index contributed by atoms with van der Waals surface area (Å²) < 4.78 is 0. The summed E-state index contributed by atoms with van der Waals surface area (Å²) in [6, 6.07) is 8.43. The van der Waals surface area contributed by atoms with E-state index >= 15 is 0 Å². The second kappa shape index (κ2) is 5.15. The van der Waals surface area contributed by atoms with Gasteiger partial charge in [-0.1, -0.05) is 23.8 Å². The fourth-order valence-electron chi connectivity index (χ4n) is 1.98. The van der Waals surface area contributed by atoms with E-state index in [1.807, 2.05) is 0 Å². The summed E-state index contributed by atoms with van der Waals surface area (Å²) in [5.74, 6) is 1.03. The van der Waals surface area contributed by atoms with E-state index in [1.54, 1.807) is 0 Å². The van der Waals surface area contributed by atoms with Gasteiger partial charge in [0.05, 0.1) is 5.69 Å². The molecular formula is C14H19N3. The number of nitrogens with two attached hydrogens (primary N) is 1. The second-order valence-electron chi connectivity index (χ2n) is 4.42. The van der Waals surface area contributed by atoms with Gasteiger partial charge in [0.1, 0.15) is 5.82 Å². The molecule has 3 nitrogen and oxygen atoms in total. The number of aryl methyl sites for hydroxylation is 3. The Hall–Kier alpha value is -1.61. The monoisotopic (exact) mass is 229 g/mol. The van der Waals surface area contributed by atoms with Gasteiger partial charge in [-0.15, -0.1) is 0 Å². The average Bonchev–Trinajstić information content (AvgIpc) is 2.68. The van der Waals surface area contributed by atoms with Gasteiger partial charge in [0, 0.05) is 17.7 Å². The first-order chi connectivity index (χ1) is 8.20. The van der Waals surface area contributed by atoms with Gasteiger partial charge < -0.3 is 10.7 Å². The molecule has 3 heteroatoms. The zero-order valence-corrected chi connectivity index (χ0v) is 10.5. The lowest BCUT2D eigenvalue weighted by Crippen LogP contribution is -2.01. The van der Waals surface area contributed by atoms with Crippen LogP contribution < -0.4 is 5.73 Å². The molecule has 0 spiro atoms. The van der Waals surface area contributed by atoms with Gasteiger partial charge in [0.15, 0.2) is 0 Å². The Kier molecular flexibility index (Phi) is 3.59. The van der Waals surface area contributed by atoms with Crippen molar-refractivity contribution in [2.45, 2.75) is 26.7 Å². The third-order valence-electron chi connectivity index (χ3n) is 2.84. The van der Waals surface area contributed by atoms with E-state index in [9.17, 15) is 0 Å². The van der Waals surface area contributed by atoms with E-state index in [4.69, 9.17) is 5.73 Å². The molecule has 0 amide bonds. The lowest BCUT2D eigenvalue weighted by Gasteiger charge is -1.99. The van der Waals surface area contributed by atoms with E-state index in [0.717, 1.165) is 30.1 Å². The van der Waals surface area contributed by atoms with Crippen molar-refractivity contribution in [2.75, 3.05) is 6.54 Å². The zero-order valence-electron chi connectivity index (χ0n) is 10.5. The lowest BCUT2D eigenvalue weighted by atomic mass is 10.1. The highest BCUT2D eigenvalue weighted by Gasteiger charge is 2.08. The smallest absolute Gasteiger partial charge is 0.107 e. The van der Waals surface area contributed by atoms with Crippen molar-refractivity contribution < 1.29 is 0 Å². The van der Waals surface area contributed by atoms with E-state index < -0.39 is 0 Å². The summed E-state index contributed by atoms with van der Waals surface area (Å²) >= 11 is 0. The minimum absolute atomic E-state index is 0.708. The van der Waals surface area contributed by atoms with Crippen LogP contribution in [-0.4, -0.2) is 16.5 Å². The van der Waals surface area contributed by atoms with Crippen LogP contribution >= 0.6 is 0 Å². The van der Waals surface area contributed by atoms with Crippen molar-refractivity contribution in [2.24, 2.45) is 5.73 Å². The predicted molar refractivity (Wildman–Crippen MR) is 70.9 cm³/mol. The third kappa shape index (κ3) is 2.74. The highest BCUT2D eigenvalue weighted by molar-refractivity contribution is 5.62. The van der Waals surface area contributed by atoms with Crippen LogP contribution in [0.2, 0.25) is 0 Å². The summed E-state index contributed by atoms with van der Waals surface area (Å²) in [5, 5.41) is 0. The minimum Gasteiger partial charge on any atom is -0.346 e. The Labute approximate surface area is 102 Å². The SMILES string of the molecule is Cc1cccc(-c2nc(CCCN)[nH]c2C)c1. The number of hydrogen-bond donors (Lipinski definition) is 2. The summed E-state index contributed by atoms with van der Waals surface area (Å²) in [5.41, 5.74) is 10.1. The summed E-state index contributed by atoms with van der Waals surface area (Å²) in [6.45, 7) is 4.87. The van der Waals surface area contributed by atoms with E-state index in [-0.39, 0.29) is 0 Å². The van der Waals surface area contributed by atoms with Crippen LogP contribution in [-0.2, 0) is 6.42 Å². The maximum atomic E-state index is 5.51. The summed E-state index contributed by atoms with van der Waals surface area (Å²) in [7, 11) is 0. The Morgan fingerprint density at radius 2 is 2.12 bits per heavy atom. The van der Waals surface area contributed by atoms with Crippen molar-refractivity contribution in [3.63, 3.8) is 0 Å². The Morgan fingerprint density at radius 1 is 1.29 bits per heavy atom. The van der Waals surface area contributed by atoms with Gasteiger partial charge >= 0.3 is 0 Å². The Bertz CT molecular complexity index is 500. The van der Waals surface area contributed by atoms with Crippen LogP contribution in [0.4, 0.5) is 0 Å². The standard InChI is InChI=1S/C14H19N3/c1-10-5-3-6-12(9-10)14-11(2)16-13(17-14)7-4-8-15/h3,5-6,9H,4,7-8,15H2,1-2H3,(H,16,17). The number of H-pyrrole nitrogens is 1. The van der Waals surface area contributed by atoms with Gasteiger partial charge in [-0.05, 0) is 32.9 Å². The summed E-state index contributed by atoms with van der Waals surface area (Å²) in [4.78, 5) is 7.98. The van der Waals surface area contributed by atoms with Gasteiger partial charge in [0.25, 0.3) is 0 Å². The number of nitrogens with one attached hydrogen (secondary N) is 1. The first kappa shape index (κ1) is 11.9. The molecule has 2 aromatic rings. The molecule has 17 heavy (non-hydrogen) atoms. The largest absolute Gasteiger partial charge is 0.346 e. The van der Waals surface area contributed by atoms with Crippen LogP contribution in [0.3, 0.4) is 0 Å². The van der Waals surface area contributed by atoms with Gasteiger partial charge in [0.2, 0.25) is 0 Å². The van der Waals surface area contributed by atoms with E-state index in [2.05, 4.69) is 48.1 Å². The maximum absolute atomic E-state index is 5.51. The fraction of sp³-hybridized carbons (Fsp3) is 0.357. The molecule has 3 N–H and O–H groups in total. The normalized spacial score (nSPS) is 10.8. The Morgan fingerprint density at radius 3 is 2.82 bits per heavy atom. The van der Waals surface area contributed by atoms with E-state index in [0.29, 0.717) is 6.54 Å². The third-order valence-corrected chi connectivity index (χ3v) is 2.84. The molecule has 2 rings (SSSR count). The topological polar surface area (TPSA) is 54.7 Å². The maximum Gasteiger partial charge on any atom is 0.107 e. The van der Waals surface area contributed by atoms with Crippen molar-refractivity contribution in [3.8, 4) is 11.3 Å². The summed E-state index contributed by atoms with van der Waals surface area (Å²) in [6.07, 6.45) is 1.89. The molecule has 0 radical (unpaired) electrons. The number of rotatable bonds is 4. The molecule has 0 atom stereocenters. The molecule has 0 bridgehead atoms. The lowest BCUT2D eigenvalue weighted by molar-refractivity contribution is 0.792.